The molecule has 1 aromatic heterocycles. The van der Waals surface area contributed by atoms with Gasteiger partial charge in [-0.05, 0) is 93.7 Å². The van der Waals surface area contributed by atoms with Crippen LogP contribution in [0.15, 0.2) is 33.7 Å². The fourth-order valence-electron chi connectivity index (χ4n) is 6.98. The Balaban J connectivity index is 1.22. The van der Waals surface area contributed by atoms with Crippen molar-refractivity contribution in [1.29, 1.82) is 0 Å². The highest BCUT2D eigenvalue weighted by Crippen LogP contribution is 2.58. The standard InChI is InChI=1S/C29H37F2N3O4S/c1-39(36,37)23-4-2-3-22(18-23)34(24(35)17-20-7-9-29(30,31)10-8-20)19-27-11-14-28(15-12-27,16-13-27)26-32-25(33-38-26)21-5-6-21/h2-4,18,20-21H,5-17,19H2,1H3. The zero-order chi connectivity index (χ0) is 27.5. The van der Waals surface area contributed by atoms with Crippen molar-refractivity contribution in [3.63, 3.8) is 0 Å². The molecule has 0 atom stereocenters. The molecule has 212 valence electrons. The summed E-state index contributed by atoms with van der Waals surface area (Å²) < 4.78 is 57.8. The number of amides is 1. The predicted octanol–water partition coefficient (Wildman–Crippen LogP) is 6.19. The Morgan fingerprint density at radius 3 is 2.31 bits per heavy atom. The van der Waals surface area contributed by atoms with Crippen molar-refractivity contribution < 1.29 is 26.5 Å². The van der Waals surface area contributed by atoms with Crippen molar-refractivity contribution in [2.75, 3.05) is 17.7 Å². The first-order chi connectivity index (χ1) is 18.5. The lowest BCUT2D eigenvalue weighted by molar-refractivity contribution is -0.121. The summed E-state index contributed by atoms with van der Waals surface area (Å²) in [5.74, 6) is -0.790. The molecule has 1 amide bonds. The minimum Gasteiger partial charge on any atom is -0.339 e. The van der Waals surface area contributed by atoms with Crippen LogP contribution in [0.3, 0.4) is 0 Å². The predicted molar refractivity (Wildman–Crippen MR) is 142 cm³/mol. The Bertz CT molecular complexity index is 1320. The van der Waals surface area contributed by atoms with Gasteiger partial charge >= 0.3 is 0 Å². The van der Waals surface area contributed by atoms with Gasteiger partial charge in [0.25, 0.3) is 0 Å². The zero-order valence-electron chi connectivity index (χ0n) is 22.5. The molecule has 7 rings (SSSR count). The molecule has 5 fully saturated rings. The SMILES string of the molecule is CS(=O)(=O)c1cccc(N(CC23CCC(c4nc(C5CC5)no4)(CC2)CC3)C(=O)CC2CCC(F)(F)CC2)c1. The number of halogens is 2. The van der Waals surface area contributed by atoms with E-state index in [9.17, 15) is 22.0 Å². The van der Waals surface area contributed by atoms with Crippen LogP contribution in [0.25, 0.3) is 0 Å². The third kappa shape index (κ3) is 5.50. The molecular weight excluding hydrogens is 524 g/mol. The van der Waals surface area contributed by atoms with E-state index in [1.807, 2.05) is 0 Å². The minimum absolute atomic E-state index is 0.0845. The Hall–Kier alpha value is -2.36. The number of aromatic nitrogens is 2. The molecule has 7 nitrogen and oxygen atoms in total. The van der Waals surface area contributed by atoms with Crippen molar-refractivity contribution in [1.82, 2.24) is 10.1 Å². The average Bonchev–Trinajstić information content (AvgIpc) is 3.65. The van der Waals surface area contributed by atoms with Gasteiger partial charge in [0.05, 0.1) is 4.90 Å². The van der Waals surface area contributed by atoms with E-state index in [-0.39, 0.29) is 46.8 Å². The van der Waals surface area contributed by atoms with Crippen LogP contribution in [0, 0.1) is 11.3 Å². The van der Waals surface area contributed by atoms with Crippen molar-refractivity contribution in [3.8, 4) is 0 Å². The van der Waals surface area contributed by atoms with Crippen LogP contribution in [0.5, 0.6) is 0 Å². The molecule has 10 heteroatoms. The number of hydrogen-bond acceptors (Lipinski definition) is 6. The maximum atomic E-state index is 13.8. The molecule has 5 saturated carbocycles. The number of rotatable bonds is 8. The van der Waals surface area contributed by atoms with Crippen molar-refractivity contribution >= 4 is 21.4 Å². The van der Waals surface area contributed by atoms with E-state index < -0.39 is 15.8 Å². The summed E-state index contributed by atoms with van der Waals surface area (Å²) >= 11 is 0. The summed E-state index contributed by atoms with van der Waals surface area (Å²) in [4.78, 5) is 20.5. The average molecular weight is 562 g/mol. The molecule has 0 aliphatic heterocycles. The quantitative estimate of drug-likeness (QED) is 0.382. The van der Waals surface area contributed by atoms with Crippen molar-refractivity contribution in [2.24, 2.45) is 11.3 Å². The van der Waals surface area contributed by atoms with Gasteiger partial charge in [0, 0.05) is 49.1 Å². The lowest BCUT2D eigenvalue weighted by Gasteiger charge is -2.53. The van der Waals surface area contributed by atoms with E-state index in [0.29, 0.717) is 31.0 Å². The molecular formula is C29H37F2N3O4S. The third-order valence-electron chi connectivity index (χ3n) is 9.89. The van der Waals surface area contributed by atoms with Gasteiger partial charge in [-0.1, -0.05) is 11.2 Å². The first kappa shape index (κ1) is 26.8. The monoisotopic (exact) mass is 561 g/mol. The van der Waals surface area contributed by atoms with Crippen LogP contribution in [0.2, 0.25) is 0 Å². The Morgan fingerprint density at radius 1 is 1.03 bits per heavy atom. The molecule has 0 spiro atoms. The molecule has 2 aromatic rings. The first-order valence-corrected chi connectivity index (χ1v) is 16.2. The maximum Gasteiger partial charge on any atom is 0.248 e. The summed E-state index contributed by atoms with van der Waals surface area (Å²) in [6.45, 7) is 0.495. The smallest absolute Gasteiger partial charge is 0.248 e. The fourth-order valence-corrected chi connectivity index (χ4v) is 7.64. The molecule has 39 heavy (non-hydrogen) atoms. The van der Waals surface area contributed by atoms with Gasteiger partial charge in [0.2, 0.25) is 17.7 Å². The number of benzene rings is 1. The summed E-state index contributed by atoms with van der Waals surface area (Å²) in [5.41, 5.74) is 0.379. The zero-order valence-corrected chi connectivity index (χ0v) is 23.3. The van der Waals surface area contributed by atoms with E-state index in [2.05, 4.69) is 5.16 Å². The number of nitrogens with zero attached hydrogens (tertiary/aromatic N) is 3. The third-order valence-corrected chi connectivity index (χ3v) is 11.0. The van der Waals surface area contributed by atoms with Gasteiger partial charge < -0.3 is 9.42 Å². The molecule has 5 aliphatic carbocycles. The largest absolute Gasteiger partial charge is 0.339 e. The van der Waals surface area contributed by atoms with Crippen LogP contribution >= 0.6 is 0 Å². The highest BCUT2D eigenvalue weighted by Gasteiger charge is 2.53. The Kier molecular flexibility index (Phi) is 6.63. The van der Waals surface area contributed by atoms with E-state index in [1.165, 1.54) is 0 Å². The molecule has 5 aliphatic rings. The maximum absolute atomic E-state index is 13.8. The van der Waals surface area contributed by atoms with Crippen LogP contribution in [-0.4, -0.2) is 43.2 Å². The second kappa shape index (κ2) is 9.63. The summed E-state index contributed by atoms with van der Waals surface area (Å²) in [7, 11) is -3.45. The molecule has 0 unspecified atom stereocenters. The van der Waals surface area contributed by atoms with E-state index in [1.54, 1.807) is 29.2 Å². The normalized spacial score (nSPS) is 28.9. The summed E-state index contributed by atoms with van der Waals surface area (Å²) in [6.07, 6.45) is 9.42. The van der Waals surface area contributed by atoms with Crippen LogP contribution in [-0.2, 0) is 20.0 Å². The van der Waals surface area contributed by atoms with Gasteiger partial charge in [-0.25, -0.2) is 17.2 Å². The first-order valence-electron chi connectivity index (χ1n) is 14.3. The molecule has 0 N–H and O–H groups in total. The van der Waals surface area contributed by atoms with Crippen molar-refractivity contribution in [3.05, 3.63) is 36.0 Å². The van der Waals surface area contributed by atoms with E-state index >= 15 is 0 Å². The van der Waals surface area contributed by atoms with E-state index in [0.717, 1.165) is 69.3 Å². The second-order valence-electron chi connectivity index (χ2n) is 12.8. The fraction of sp³-hybridized carbons (Fsp3) is 0.690. The van der Waals surface area contributed by atoms with Crippen LogP contribution < -0.4 is 4.90 Å². The minimum atomic E-state index is -3.45. The van der Waals surface area contributed by atoms with Crippen LogP contribution in [0.4, 0.5) is 14.5 Å². The molecule has 0 saturated heterocycles. The summed E-state index contributed by atoms with van der Waals surface area (Å²) in [5, 5.41) is 4.25. The van der Waals surface area contributed by atoms with Crippen molar-refractivity contribution in [2.45, 2.75) is 106 Å². The molecule has 1 heterocycles. The number of alkyl halides is 2. The molecule has 0 radical (unpaired) electrons. The highest BCUT2D eigenvalue weighted by atomic mass is 32.2. The topological polar surface area (TPSA) is 93.4 Å². The van der Waals surface area contributed by atoms with E-state index in [4.69, 9.17) is 9.51 Å². The molecule has 2 bridgehead atoms. The molecule has 1 aromatic carbocycles. The van der Waals surface area contributed by atoms with Gasteiger partial charge in [0.15, 0.2) is 15.7 Å². The van der Waals surface area contributed by atoms with Gasteiger partial charge in [-0.15, -0.1) is 0 Å². The van der Waals surface area contributed by atoms with Gasteiger partial charge in [0.1, 0.15) is 0 Å². The number of carbonyl (C=O) groups is 1. The lowest BCUT2D eigenvalue weighted by atomic mass is 9.53. The Labute approximate surface area is 228 Å². The second-order valence-corrected chi connectivity index (χ2v) is 14.8. The number of carbonyl (C=O) groups excluding carboxylic acids is 1. The summed E-state index contributed by atoms with van der Waals surface area (Å²) in [6, 6.07) is 6.57. The van der Waals surface area contributed by atoms with Gasteiger partial charge in [-0.2, -0.15) is 4.98 Å². The van der Waals surface area contributed by atoms with Crippen LogP contribution in [0.1, 0.15) is 101 Å². The number of anilines is 1. The number of sulfone groups is 1. The lowest BCUT2D eigenvalue weighted by Crippen LogP contribution is -2.51. The Morgan fingerprint density at radius 2 is 1.69 bits per heavy atom. The number of fused-ring (bicyclic) bond motifs is 3. The number of hydrogen-bond donors (Lipinski definition) is 0. The van der Waals surface area contributed by atoms with Gasteiger partial charge in [-0.3, -0.25) is 4.79 Å². The highest BCUT2D eigenvalue weighted by molar-refractivity contribution is 7.90.